The fourth-order valence-corrected chi connectivity index (χ4v) is 5.44. The summed E-state index contributed by atoms with van der Waals surface area (Å²) in [6, 6.07) is 27.3. The lowest BCUT2D eigenvalue weighted by molar-refractivity contribution is -0.0888. The molecule has 0 spiro atoms. The zero-order valence-corrected chi connectivity index (χ0v) is 25.2. The summed E-state index contributed by atoms with van der Waals surface area (Å²) in [7, 11) is 1.65. The van der Waals surface area contributed by atoms with Crippen LogP contribution in [0.5, 0.6) is 5.75 Å². The molecule has 0 saturated carbocycles. The number of nitrogens with two attached hydrogens (primary N) is 1. The van der Waals surface area contributed by atoms with Crippen molar-refractivity contribution in [1.82, 2.24) is 4.90 Å². The molecule has 7 nitrogen and oxygen atoms in total. The summed E-state index contributed by atoms with van der Waals surface area (Å²) in [5.41, 5.74) is 9.29. The van der Waals surface area contributed by atoms with Crippen molar-refractivity contribution in [3.8, 4) is 5.75 Å². The number of methoxy groups -OCH3 is 1. The van der Waals surface area contributed by atoms with Crippen molar-refractivity contribution < 1.29 is 23.7 Å². The van der Waals surface area contributed by atoms with Gasteiger partial charge in [0.2, 0.25) is 0 Å². The second kappa shape index (κ2) is 17.3. The molecule has 43 heavy (non-hydrogen) atoms. The molecule has 4 rings (SSSR count). The molecule has 0 aromatic heterocycles. The number of likely N-dealkylation sites (tertiary alicyclic amines) is 1. The molecule has 4 atom stereocenters. The molecule has 7 heteroatoms. The molecule has 2 N–H and O–H groups in total. The Bertz CT molecular complexity index is 1280. The first-order valence-electron chi connectivity index (χ1n) is 14.9. The topological polar surface area (TPSA) is 83.2 Å². The highest BCUT2D eigenvalue weighted by molar-refractivity contribution is 5.73. The zero-order chi connectivity index (χ0) is 30.3. The maximum absolute atomic E-state index is 12.8. The molecule has 0 aliphatic carbocycles. The SMILES string of the molecule is COc1ccc(COC/C=C/C=C/C[C@H]2C[C@H](OCc3ccccc3)[C@H](C)[C@@H](COCc3ccccc3)N2C(N)=O)cc1. The van der Waals surface area contributed by atoms with E-state index in [1.807, 2.05) is 95.9 Å². The van der Waals surface area contributed by atoms with E-state index in [0.29, 0.717) is 45.9 Å². The highest BCUT2D eigenvalue weighted by atomic mass is 16.5. The summed E-state index contributed by atoms with van der Waals surface area (Å²) < 4.78 is 23.5. The van der Waals surface area contributed by atoms with E-state index < -0.39 is 6.03 Å². The first-order valence-corrected chi connectivity index (χ1v) is 14.9. The fraction of sp³-hybridized carbons (Fsp3) is 0.361. The molecule has 228 valence electrons. The minimum Gasteiger partial charge on any atom is -0.497 e. The van der Waals surface area contributed by atoms with Gasteiger partial charge in [0.1, 0.15) is 5.75 Å². The van der Waals surface area contributed by atoms with Gasteiger partial charge in [-0.05, 0) is 41.7 Å². The van der Waals surface area contributed by atoms with Gasteiger partial charge in [0.25, 0.3) is 0 Å². The molecular weight excluding hydrogens is 540 g/mol. The predicted molar refractivity (Wildman–Crippen MR) is 169 cm³/mol. The Hall–Kier alpha value is -3.91. The van der Waals surface area contributed by atoms with Crippen molar-refractivity contribution in [2.45, 2.75) is 57.8 Å². The van der Waals surface area contributed by atoms with E-state index >= 15 is 0 Å². The molecule has 1 aliphatic heterocycles. The van der Waals surface area contributed by atoms with Gasteiger partial charge in [0.05, 0.1) is 52.3 Å². The van der Waals surface area contributed by atoms with Crippen molar-refractivity contribution in [2.75, 3.05) is 20.3 Å². The standard InChI is InChI=1S/C36H44N2O5/c1-28-34(27-42-25-29-13-7-5-8-14-29)38(36(37)39)32(23-35(28)43-26-30-15-9-6-10-16-30)17-11-3-4-12-22-41-24-31-18-20-33(40-2)21-19-31/h3-16,18-21,28,32,34-35H,17,22-27H2,1-2H3,(H2,37,39)/b11-3+,12-4+/t28-,32+,34-,35+/m1/s1. The van der Waals surface area contributed by atoms with Gasteiger partial charge >= 0.3 is 6.03 Å². The highest BCUT2D eigenvalue weighted by Gasteiger charge is 2.42. The van der Waals surface area contributed by atoms with Crippen LogP contribution in [0.15, 0.2) is 109 Å². The summed E-state index contributed by atoms with van der Waals surface area (Å²) in [5, 5.41) is 0. The molecule has 1 heterocycles. The van der Waals surface area contributed by atoms with Crippen LogP contribution < -0.4 is 10.5 Å². The van der Waals surface area contributed by atoms with E-state index in [1.54, 1.807) is 7.11 Å². The van der Waals surface area contributed by atoms with Crippen LogP contribution in [0.4, 0.5) is 4.79 Å². The number of amides is 2. The van der Waals surface area contributed by atoms with Gasteiger partial charge in [-0.25, -0.2) is 4.79 Å². The first kappa shape index (κ1) is 32.0. The fourth-order valence-electron chi connectivity index (χ4n) is 5.44. The number of rotatable bonds is 15. The first-order chi connectivity index (χ1) is 21.0. The van der Waals surface area contributed by atoms with Gasteiger partial charge < -0.3 is 29.6 Å². The number of allylic oxidation sites excluding steroid dienone is 2. The van der Waals surface area contributed by atoms with Crippen molar-refractivity contribution in [3.05, 3.63) is 126 Å². The third-order valence-electron chi connectivity index (χ3n) is 7.84. The van der Waals surface area contributed by atoms with Crippen molar-refractivity contribution in [3.63, 3.8) is 0 Å². The summed E-state index contributed by atoms with van der Waals surface area (Å²) >= 11 is 0. The molecule has 3 aromatic carbocycles. The number of ether oxygens (including phenoxy) is 4. The summed E-state index contributed by atoms with van der Waals surface area (Å²) in [6.07, 6.45) is 9.33. The Kier molecular flexibility index (Phi) is 12.9. The summed E-state index contributed by atoms with van der Waals surface area (Å²) in [6.45, 7) is 4.54. The molecule has 1 aliphatic rings. The lowest BCUT2D eigenvalue weighted by atomic mass is 9.83. The van der Waals surface area contributed by atoms with E-state index in [4.69, 9.17) is 24.7 Å². The minimum absolute atomic E-state index is 0.0403. The molecule has 0 radical (unpaired) electrons. The maximum Gasteiger partial charge on any atom is 0.315 e. The van der Waals surface area contributed by atoms with Crippen LogP contribution >= 0.6 is 0 Å². The second-order valence-corrected chi connectivity index (χ2v) is 10.9. The number of benzene rings is 3. The van der Waals surface area contributed by atoms with Crippen molar-refractivity contribution in [2.24, 2.45) is 11.7 Å². The smallest absolute Gasteiger partial charge is 0.315 e. The predicted octanol–water partition coefficient (Wildman–Crippen LogP) is 6.67. The lowest BCUT2D eigenvalue weighted by Crippen LogP contribution is -2.61. The number of piperidine rings is 1. The van der Waals surface area contributed by atoms with Crippen molar-refractivity contribution >= 4 is 6.03 Å². The number of hydrogen-bond acceptors (Lipinski definition) is 5. The van der Waals surface area contributed by atoms with E-state index in [1.165, 1.54) is 0 Å². The van der Waals surface area contributed by atoms with Crippen LogP contribution in [0.3, 0.4) is 0 Å². The number of nitrogens with zero attached hydrogens (tertiary/aromatic N) is 1. The maximum atomic E-state index is 12.8. The molecule has 1 saturated heterocycles. The highest BCUT2D eigenvalue weighted by Crippen LogP contribution is 2.33. The van der Waals surface area contributed by atoms with Crippen LogP contribution in [0.1, 0.15) is 36.5 Å². The van der Waals surface area contributed by atoms with Crippen molar-refractivity contribution in [1.29, 1.82) is 0 Å². The Labute approximate surface area is 255 Å². The summed E-state index contributed by atoms with van der Waals surface area (Å²) in [5.74, 6) is 0.881. The number of hydrogen-bond donors (Lipinski definition) is 1. The van der Waals surface area contributed by atoms with Gasteiger partial charge in [-0.3, -0.25) is 0 Å². The van der Waals surface area contributed by atoms with Gasteiger partial charge in [-0.1, -0.05) is 104 Å². The molecule has 3 aromatic rings. The Morgan fingerprint density at radius 3 is 2.09 bits per heavy atom. The van der Waals surface area contributed by atoms with Crippen LogP contribution in [-0.4, -0.2) is 49.4 Å². The average molecular weight is 585 g/mol. The third kappa shape index (κ3) is 10.1. The number of carbonyl (C=O) groups is 1. The monoisotopic (exact) mass is 584 g/mol. The zero-order valence-electron chi connectivity index (χ0n) is 25.2. The van der Waals surface area contributed by atoms with Crippen LogP contribution in [0, 0.1) is 5.92 Å². The number of primary amides is 1. The lowest BCUT2D eigenvalue weighted by Gasteiger charge is -2.48. The van der Waals surface area contributed by atoms with Gasteiger partial charge in [0.15, 0.2) is 0 Å². The normalized spacial score (nSPS) is 20.6. The molecular formula is C36H44N2O5. The van der Waals surface area contributed by atoms with E-state index in [2.05, 4.69) is 25.1 Å². The Morgan fingerprint density at radius 2 is 1.44 bits per heavy atom. The second-order valence-electron chi connectivity index (χ2n) is 10.9. The van der Waals surface area contributed by atoms with E-state index in [0.717, 1.165) is 22.4 Å². The average Bonchev–Trinajstić information content (AvgIpc) is 3.03. The van der Waals surface area contributed by atoms with Gasteiger partial charge in [0, 0.05) is 12.0 Å². The van der Waals surface area contributed by atoms with Gasteiger partial charge in [-0.15, -0.1) is 0 Å². The molecule has 2 amide bonds. The summed E-state index contributed by atoms with van der Waals surface area (Å²) in [4.78, 5) is 14.6. The van der Waals surface area contributed by atoms with Crippen LogP contribution in [0.25, 0.3) is 0 Å². The molecule has 0 bridgehead atoms. The van der Waals surface area contributed by atoms with Crippen LogP contribution in [-0.2, 0) is 34.0 Å². The van der Waals surface area contributed by atoms with Gasteiger partial charge in [-0.2, -0.15) is 0 Å². The largest absolute Gasteiger partial charge is 0.497 e. The number of carbonyl (C=O) groups excluding carboxylic acids is 1. The third-order valence-corrected chi connectivity index (χ3v) is 7.84. The van der Waals surface area contributed by atoms with Crippen LogP contribution in [0.2, 0.25) is 0 Å². The quantitative estimate of drug-likeness (QED) is 0.159. The van der Waals surface area contributed by atoms with E-state index in [-0.39, 0.29) is 24.1 Å². The molecule has 0 unspecified atom stereocenters. The van der Waals surface area contributed by atoms with E-state index in [9.17, 15) is 4.79 Å². The Balaban J connectivity index is 1.35. The minimum atomic E-state index is -0.428. The number of urea groups is 1. The Morgan fingerprint density at radius 1 is 0.837 bits per heavy atom. The molecule has 1 fully saturated rings.